The predicted molar refractivity (Wildman–Crippen MR) is 119 cm³/mol. The Bertz CT molecular complexity index is 1110. The topological polar surface area (TPSA) is 80.7 Å². The van der Waals surface area contributed by atoms with Crippen LogP contribution in [0.3, 0.4) is 0 Å². The van der Waals surface area contributed by atoms with E-state index < -0.39 is 0 Å². The van der Waals surface area contributed by atoms with E-state index in [1.165, 1.54) is 0 Å². The molecule has 1 atom stereocenters. The summed E-state index contributed by atoms with van der Waals surface area (Å²) in [6, 6.07) is 17.9. The second-order valence-corrected chi connectivity index (χ2v) is 7.67. The third kappa shape index (κ3) is 4.00. The van der Waals surface area contributed by atoms with Crippen LogP contribution in [0.25, 0.3) is 6.08 Å². The second-order valence-electron chi connectivity index (χ2n) is 7.67. The monoisotopic (exact) mass is 415 g/mol. The molecule has 158 valence electrons. The minimum absolute atomic E-state index is 0.159. The summed E-state index contributed by atoms with van der Waals surface area (Å²) in [6.07, 6.45) is 2.10. The highest BCUT2D eigenvalue weighted by atomic mass is 16.5. The van der Waals surface area contributed by atoms with Gasteiger partial charge in [0.25, 0.3) is 0 Å². The number of hydrogen-bond acceptors (Lipinski definition) is 6. The lowest BCUT2D eigenvalue weighted by Gasteiger charge is -2.36. The molecule has 2 N–H and O–H groups in total. The number of likely N-dealkylation sites (N-methyl/N-ethyl adjacent to an activating group) is 1. The minimum atomic E-state index is -0.262. The molecule has 2 aromatic carbocycles. The lowest BCUT2D eigenvalue weighted by molar-refractivity contribution is 0.251. The number of ether oxygens (including phenoxy) is 3. The largest absolute Gasteiger partial charge is 0.497 e. The van der Waals surface area contributed by atoms with Crippen LogP contribution in [0.4, 0.5) is 0 Å². The van der Waals surface area contributed by atoms with Gasteiger partial charge < -0.3 is 19.9 Å². The van der Waals surface area contributed by atoms with Crippen LogP contribution in [-0.2, 0) is 4.74 Å². The Morgan fingerprint density at radius 3 is 2.23 bits per heavy atom. The van der Waals surface area contributed by atoms with Crippen LogP contribution in [0.15, 0.2) is 76.9 Å². The Hall–Kier alpha value is -3.69. The predicted octanol–water partition coefficient (Wildman–Crippen LogP) is 3.79. The molecule has 0 amide bonds. The summed E-state index contributed by atoms with van der Waals surface area (Å²) in [5.41, 5.74) is 10.7. The summed E-state index contributed by atoms with van der Waals surface area (Å²) in [5.74, 6) is 2.23. The van der Waals surface area contributed by atoms with Crippen LogP contribution in [0.5, 0.6) is 11.5 Å². The van der Waals surface area contributed by atoms with Gasteiger partial charge in [0.05, 0.1) is 20.1 Å². The third-order valence-electron chi connectivity index (χ3n) is 5.60. The zero-order chi connectivity index (χ0) is 22.0. The first-order chi connectivity index (χ1) is 15.0. The lowest BCUT2D eigenvalue weighted by atomic mass is 9.80. The maximum absolute atomic E-state index is 9.85. The molecule has 0 bridgehead atoms. The van der Waals surface area contributed by atoms with Gasteiger partial charge in [0.2, 0.25) is 5.88 Å². The van der Waals surface area contributed by atoms with E-state index in [-0.39, 0.29) is 11.8 Å². The van der Waals surface area contributed by atoms with Crippen LogP contribution < -0.4 is 15.2 Å². The van der Waals surface area contributed by atoms with Crippen molar-refractivity contribution >= 4 is 6.08 Å². The van der Waals surface area contributed by atoms with Crippen molar-refractivity contribution in [2.24, 2.45) is 5.73 Å². The van der Waals surface area contributed by atoms with E-state index in [0.717, 1.165) is 46.1 Å². The molecule has 2 aromatic rings. The molecule has 0 fully saturated rings. The van der Waals surface area contributed by atoms with Gasteiger partial charge in [-0.2, -0.15) is 5.26 Å². The maximum Gasteiger partial charge on any atom is 0.205 e. The van der Waals surface area contributed by atoms with Crippen LogP contribution >= 0.6 is 0 Å². The van der Waals surface area contributed by atoms with Gasteiger partial charge in [-0.05, 0) is 54.1 Å². The van der Waals surface area contributed by atoms with Gasteiger partial charge in [-0.25, -0.2) is 0 Å². The van der Waals surface area contributed by atoms with Crippen LogP contribution in [0.1, 0.15) is 17.0 Å². The number of nitrogens with two attached hydrogens (primary N) is 1. The average Bonchev–Trinajstić information content (AvgIpc) is 2.79. The molecule has 2 heterocycles. The van der Waals surface area contributed by atoms with E-state index in [1.54, 1.807) is 14.2 Å². The fourth-order valence-electron chi connectivity index (χ4n) is 4.12. The molecule has 6 nitrogen and oxygen atoms in total. The summed E-state index contributed by atoms with van der Waals surface area (Å²) >= 11 is 0. The summed E-state index contributed by atoms with van der Waals surface area (Å²) in [5, 5.41) is 9.85. The van der Waals surface area contributed by atoms with Crippen LogP contribution in [0.2, 0.25) is 0 Å². The fraction of sp³-hybridized carbons (Fsp3) is 0.240. The third-order valence-corrected chi connectivity index (χ3v) is 5.60. The van der Waals surface area contributed by atoms with E-state index in [9.17, 15) is 5.26 Å². The van der Waals surface area contributed by atoms with Crippen LogP contribution in [0, 0.1) is 11.3 Å². The molecule has 2 aliphatic heterocycles. The molecule has 4 rings (SSSR count). The SMILES string of the molecule is COc1ccc(/C=C2\CN(C)CC3=C2OC(N)=C(C#N)[C@H]3c2ccc(OC)cc2)cc1. The van der Waals surface area contributed by atoms with Crippen molar-refractivity contribution < 1.29 is 14.2 Å². The van der Waals surface area contributed by atoms with Crippen molar-refractivity contribution in [1.82, 2.24) is 4.90 Å². The average molecular weight is 415 g/mol. The zero-order valence-electron chi connectivity index (χ0n) is 17.9. The number of nitrogens with zero attached hydrogens (tertiary/aromatic N) is 2. The van der Waals surface area contributed by atoms with Gasteiger partial charge in [-0.1, -0.05) is 24.3 Å². The Morgan fingerprint density at radius 1 is 1.03 bits per heavy atom. The Kier molecular flexibility index (Phi) is 5.70. The zero-order valence-corrected chi connectivity index (χ0v) is 17.9. The minimum Gasteiger partial charge on any atom is -0.497 e. The molecule has 2 aliphatic rings. The van der Waals surface area contributed by atoms with Gasteiger partial charge in [0.15, 0.2) is 0 Å². The molecule has 0 unspecified atom stereocenters. The first-order valence-electron chi connectivity index (χ1n) is 10.0. The number of allylic oxidation sites excluding steroid dienone is 1. The molecular weight excluding hydrogens is 390 g/mol. The van der Waals surface area contributed by atoms with Gasteiger partial charge in [-0.3, -0.25) is 4.90 Å². The van der Waals surface area contributed by atoms with Gasteiger partial charge in [0.1, 0.15) is 28.9 Å². The molecular formula is C25H25N3O3. The lowest BCUT2D eigenvalue weighted by Crippen LogP contribution is -2.35. The molecule has 0 radical (unpaired) electrons. The smallest absolute Gasteiger partial charge is 0.205 e. The van der Waals surface area contributed by atoms with Crippen molar-refractivity contribution in [1.29, 1.82) is 5.26 Å². The van der Waals surface area contributed by atoms with E-state index in [1.807, 2.05) is 48.5 Å². The molecule has 0 spiro atoms. The highest BCUT2D eigenvalue weighted by Crippen LogP contribution is 2.43. The first-order valence-corrected chi connectivity index (χ1v) is 10.0. The van der Waals surface area contributed by atoms with Crippen molar-refractivity contribution in [3.05, 3.63) is 88.0 Å². The number of methoxy groups -OCH3 is 2. The van der Waals surface area contributed by atoms with E-state index in [4.69, 9.17) is 19.9 Å². The number of rotatable bonds is 4. The highest BCUT2D eigenvalue weighted by Gasteiger charge is 2.37. The Labute approximate surface area is 182 Å². The highest BCUT2D eigenvalue weighted by molar-refractivity contribution is 5.63. The van der Waals surface area contributed by atoms with Crippen molar-refractivity contribution in [3.63, 3.8) is 0 Å². The standard InChI is InChI=1S/C25H25N3O3/c1-28-14-18(12-16-4-8-19(29-2)9-5-16)24-22(15-28)23(21(13-26)25(27)31-24)17-6-10-20(30-3)11-7-17/h4-12,23H,14-15,27H2,1-3H3/b18-12+/t23-/m1/s1. The van der Waals surface area contributed by atoms with Crippen molar-refractivity contribution in [3.8, 4) is 17.6 Å². The molecule has 0 aromatic heterocycles. The number of hydrogen-bond donors (Lipinski definition) is 1. The molecule has 0 aliphatic carbocycles. The van der Waals surface area contributed by atoms with Crippen LogP contribution in [-0.4, -0.2) is 39.3 Å². The second kappa shape index (κ2) is 8.58. The van der Waals surface area contributed by atoms with Gasteiger partial charge in [-0.15, -0.1) is 0 Å². The maximum atomic E-state index is 9.85. The van der Waals surface area contributed by atoms with E-state index in [0.29, 0.717) is 12.1 Å². The van der Waals surface area contributed by atoms with Gasteiger partial charge >= 0.3 is 0 Å². The number of nitriles is 1. The summed E-state index contributed by atoms with van der Waals surface area (Å²) in [7, 11) is 5.34. The Morgan fingerprint density at radius 2 is 1.65 bits per heavy atom. The summed E-state index contributed by atoms with van der Waals surface area (Å²) < 4.78 is 16.6. The molecule has 31 heavy (non-hydrogen) atoms. The van der Waals surface area contributed by atoms with Crippen molar-refractivity contribution in [2.45, 2.75) is 5.92 Å². The quantitative estimate of drug-likeness (QED) is 0.818. The molecule has 0 saturated heterocycles. The first kappa shape index (κ1) is 20.6. The fourth-order valence-corrected chi connectivity index (χ4v) is 4.12. The number of benzene rings is 2. The summed E-state index contributed by atoms with van der Waals surface area (Å²) in [4.78, 5) is 2.21. The van der Waals surface area contributed by atoms with Gasteiger partial charge in [0, 0.05) is 18.7 Å². The van der Waals surface area contributed by atoms with E-state index >= 15 is 0 Å². The summed E-state index contributed by atoms with van der Waals surface area (Å²) in [6.45, 7) is 1.40. The molecule has 0 saturated carbocycles. The normalized spacial score (nSPS) is 20.2. The van der Waals surface area contributed by atoms with Crippen molar-refractivity contribution in [2.75, 3.05) is 34.4 Å². The molecule has 6 heteroatoms. The Balaban J connectivity index is 1.81. The van der Waals surface area contributed by atoms with E-state index in [2.05, 4.69) is 24.1 Å².